The Kier molecular flexibility index (Phi) is 2.42. The number of aryl methyl sites for hydroxylation is 2. The lowest BCUT2D eigenvalue weighted by Gasteiger charge is -2.00. The van der Waals surface area contributed by atoms with Gasteiger partial charge in [-0.2, -0.15) is 0 Å². The van der Waals surface area contributed by atoms with E-state index in [1.165, 1.54) is 0 Å². The first-order valence-electron chi connectivity index (χ1n) is 5.01. The van der Waals surface area contributed by atoms with E-state index in [4.69, 9.17) is 4.42 Å². The molecule has 0 radical (unpaired) electrons. The third-order valence-corrected chi connectivity index (χ3v) is 2.67. The van der Waals surface area contributed by atoms with Crippen LogP contribution in [0.1, 0.15) is 30.4 Å². The summed E-state index contributed by atoms with van der Waals surface area (Å²) < 4.78 is 9.88. The molecule has 0 bridgehead atoms. The molecular formula is C12H12O4. The number of cyclic esters (lactones) is 2. The van der Waals surface area contributed by atoms with Crippen molar-refractivity contribution in [2.24, 2.45) is 0 Å². The Hall–Kier alpha value is -1.84. The number of hydrogen-bond acceptors (Lipinski definition) is 4. The van der Waals surface area contributed by atoms with Crippen LogP contribution in [0.25, 0.3) is 5.57 Å². The molecule has 0 saturated carbocycles. The number of carbonyl (C=O) groups excluding carboxylic acids is 2. The second-order valence-corrected chi connectivity index (χ2v) is 3.87. The van der Waals surface area contributed by atoms with Crippen LogP contribution in [0.5, 0.6) is 0 Å². The summed E-state index contributed by atoms with van der Waals surface area (Å²) in [6.07, 6.45) is 0.0499. The second kappa shape index (κ2) is 3.63. The zero-order chi connectivity index (χ0) is 11.9. The van der Waals surface area contributed by atoms with E-state index in [0.717, 1.165) is 22.7 Å². The van der Waals surface area contributed by atoms with E-state index < -0.39 is 11.9 Å². The molecule has 0 aromatic carbocycles. The monoisotopic (exact) mass is 220 g/mol. The van der Waals surface area contributed by atoms with Gasteiger partial charge in [0.1, 0.15) is 11.5 Å². The first-order chi connectivity index (χ1) is 7.49. The molecule has 0 aliphatic carbocycles. The largest absolute Gasteiger partial charge is 0.466 e. The Labute approximate surface area is 92.9 Å². The predicted molar refractivity (Wildman–Crippen MR) is 56.5 cm³/mol. The molecular weight excluding hydrogens is 208 g/mol. The molecule has 0 amide bonds. The summed E-state index contributed by atoms with van der Waals surface area (Å²) >= 11 is 0. The quantitative estimate of drug-likeness (QED) is 0.413. The molecule has 1 aliphatic heterocycles. The summed E-state index contributed by atoms with van der Waals surface area (Å²) in [4.78, 5) is 22.4. The van der Waals surface area contributed by atoms with Gasteiger partial charge in [0, 0.05) is 5.56 Å². The van der Waals surface area contributed by atoms with Crippen molar-refractivity contribution in [3.05, 3.63) is 28.7 Å². The Balaban J connectivity index is 2.48. The van der Waals surface area contributed by atoms with E-state index in [1.807, 2.05) is 19.9 Å². The smallest absolute Gasteiger partial charge is 0.342 e. The summed E-state index contributed by atoms with van der Waals surface area (Å²) in [6.45, 7) is 5.47. The minimum absolute atomic E-state index is 0.0499. The molecule has 0 unspecified atom stereocenters. The summed E-state index contributed by atoms with van der Waals surface area (Å²) in [5.41, 5.74) is 2.04. The highest BCUT2D eigenvalue weighted by Crippen LogP contribution is 2.29. The van der Waals surface area contributed by atoms with Crippen molar-refractivity contribution in [1.82, 2.24) is 0 Å². The number of furan rings is 1. The van der Waals surface area contributed by atoms with E-state index in [1.54, 1.807) is 6.92 Å². The van der Waals surface area contributed by atoms with E-state index in [0.29, 0.717) is 5.57 Å². The first kappa shape index (κ1) is 10.7. The number of carbonyl (C=O) groups is 2. The van der Waals surface area contributed by atoms with Crippen LogP contribution < -0.4 is 0 Å². The summed E-state index contributed by atoms with van der Waals surface area (Å²) in [5, 5.41) is 0. The third kappa shape index (κ3) is 1.66. The molecule has 1 saturated heterocycles. The lowest BCUT2D eigenvalue weighted by molar-refractivity contribution is -0.151. The average Bonchev–Trinajstić information content (AvgIpc) is 2.68. The third-order valence-electron chi connectivity index (χ3n) is 2.67. The number of hydrogen-bond donors (Lipinski definition) is 0. The zero-order valence-electron chi connectivity index (χ0n) is 9.42. The van der Waals surface area contributed by atoms with Crippen LogP contribution in [0.2, 0.25) is 0 Å². The van der Waals surface area contributed by atoms with Crippen molar-refractivity contribution in [1.29, 1.82) is 0 Å². The van der Waals surface area contributed by atoms with Crippen molar-refractivity contribution in [3.63, 3.8) is 0 Å². The van der Waals surface area contributed by atoms with Gasteiger partial charge in [-0.3, -0.25) is 4.79 Å². The van der Waals surface area contributed by atoms with Gasteiger partial charge in [0.2, 0.25) is 0 Å². The molecule has 2 heterocycles. The van der Waals surface area contributed by atoms with E-state index in [-0.39, 0.29) is 6.42 Å². The fourth-order valence-electron chi connectivity index (χ4n) is 1.87. The van der Waals surface area contributed by atoms with Crippen molar-refractivity contribution in [2.75, 3.05) is 0 Å². The Morgan fingerprint density at radius 1 is 1.31 bits per heavy atom. The van der Waals surface area contributed by atoms with Gasteiger partial charge in [-0.05, 0) is 32.4 Å². The summed E-state index contributed by atoms with van der Waals surface area (Å²) in [6, 6.07) is 1.85. The van der Waals surface area contributed by atoms with Crippen LogP contribution in [-0.4, -0.2) is 11.9 Å². The average molecular weight is 220 g/mol. The topological polar surface area (TPSA) is 56.5 Å². The van der Waals surface area contributed by atoms with Crippen LogP contribution in [0.3, 0.4) is 0 Å². The van der Waals surface area contributed by atoms with Crippen LogP contribution in [-0.2, 0) is 14.3 Å². The van der Waals surface area contributed by atoms with Crippen LogP contribution in [0, 0.1) is 13.8 Å². The highest BCUT2D eigenvalue weighted by Gasteiger charge is 2.29. The molecule has 4 heteroatoms. The highest BCUT2D eigenvalue weighted by atomic mass is 16.6. The maximum Gasteiger partial charge on any atom is 0.342 e. The molecule has 84 valence electrons. The fourth-order valence-corrected chi connectivity index (χ4v) is 1.87. The van der Waals surface area contributed by atoms with Gasteiger partial charge in [-0.1, -0.05) is 0 Å². The molecule has 1 aromatic rings. The van der Waals surface area contributed by atoms with E-state index in [9.17, 15) is 9.59 Å². The lowest BCUT2D eigenvalue weighted by atomic mass is 10.0. The molecule has 1 aromatic heterocycles. The maximum absolute atomic E-state index is 11.4. The highest BCUT2D eigenvalue weighted by molar-refractivity contribution is 6.10. The standard InChI is InChI=1S/C12H12O4/c1-6-4-9(8(3)15-6)7(2)10-5-11(13)16-12(10)14/h4H,5H2,1-3H3. The van der Waals surface area contributed by atoms with Crippen molar-refractivity contribution in [3.8, 4) is 0 Å². The molecule has 0 atom stereocenters. The molecule has 2 rings (SSSR count). The lowest BCUT2D eigenvalue weighted by Crippen LogP contribution is -1.98. The Morgan fingerprint density at radius 3 is 2.44 bits per heavy atom. The minimum Gasteiger partial charge on any atom is -0.466 e. The normalized spacial score (nSPS) is 18.9. The fraction of sp³-hybridized carbons (Fsp3) is 0.333. The maximum atomic E-state index is 11.4. The van der Waals surface area contributed by atoms with Gasteiger partial charge in [0.15, 0.2) is 0 Å². The zero-order valence-corrected chi connectivity index (χ0v) is 9.42. The van der Waals surface area contributed by atoms with E-state index >= 15 is 0 Å². The van der Waals surface area contributed by atoms with Gasteiger partial charge < -0.3 is 9.15 Å². The second-order valence-electron chi connectivity index (χ2n) is 3.87. The molecule has 0 N–H and O–H groups in total. The number of allylic oxidation sites excluding steroid dienone is 1. The Bertz CT molecular complexity index is 505. The van der Waals surface area contributed by atoms with Crippen molar-refractivity contribution < 1.29 is 18.7 Å². The molecule has 1 aliphatic rings. The van der Waals surface area contributed by atoms with Crippen molar-refractivity contribution in [2.45, 2.75) is 27.2 Å². The number of rotatable bonds is 1. The summed E-state index contributed by atoms with van der Waals surface area (Å²) in [5.74, 6) is 0.498. The number of esters is 2. The van der Waals surface area contributed by atoms with Crippen molar-refractivity contribution >= 4 is 17.5 Å². The molecule has 1 fully saturated rings. The molecule has 4 nitrogen and oxygen atoms in total. The SMILES string of the molecule is CC(=C1CC(=O)OC1=O)c1cc(C)oc1C. The van der Waals surface area contributed by atoms with Crippen LogP contribution in [0.15, 0.2) is 16.1 Å². The Morgan fingerprint density at radius 2 is 2.00 bits per heavy atom. The van der Waals surface area contributed by atoms with Gasteiger partial charge in [0.25, 0.3) is 0 Å². The van der Waals surface area contributed by atoms with Gasteiger partial charge in [0.05, 0.1) is 12.0 Å². The molecule has 0 spiro atoms. The first-order valence-corrected chi connectivity index (χ1v) is 5.01. The van der Waals surface area contributed by atoms with E-state index in [2.05, 4.69) is 4.74 Å². The predicted octanol–water partition coefficient (Wildman–Crippen LogP) is 2.14. The number of ether oxygens (including phenoxy) is 1. The molecule has 16 heavy (non-hydrogen) atoms. The van der Waals surface area contributed by atoms with Crippen LogP contribution >= 0.6 is 0 Å². The van der Waals surface area contributed by atoms with Crippen LogP contribution in [0.4, 0.5) is 0 Å². The van der Waals surface area contributed by atoms with Gasteiger partial charge in [-0.15, -0.1) is 0 Å². The van der Waals surface area contributed by atoms with Gasteiger partial charge >= 0.3 is 11.9 Å². The minimum atomic E-state index is -0.541. The summed E-state index contributed by atoms with van der Waals surface area (Å²) in [7, 11) is 0. The van der Waals surface area contributed by atoms with Gasteiger partial charge in [-0.25, -0.2) is 4.79 Å².